The Bertz CT molecular complexity index is 458. The molecular formula is C19H30N2. The molecule has 2 nitrogen and oxygen atoms in total. The molecule has 0 radical (unpaired) electrons. The average Bonchev–Trinajstić information content (AvgIpc) is 2.89. The van der Waals surface area contributed by atoms with Gasteiger partial charge >= 0.3 is 0 Å². The second-order valence-corrected chi connectivity index (χ2v) is 7.27. The third-order valence-corrected chi connectivity index (χ3v) is 6.02. The molecule has 0 aromatic heterocycles. The summed E-state index contributed by atoms with van der Waals surface area (Å²) >= 11 is 0. The molecule has 1 heterocycles. The highest BCUT2D eigenvalue weighted by Crippen LogP contribution is 2.38. The van der Waals surface area contributed by atoms with Crippen LogP contribution in [0.1, 0.15) is 45.6 Å². The molecular weight excluding hydrogens is 256 g/mol. The van der Waals surface area contributed by atoms with Gasteiger partial charge in [0.05, 0.1) is 5.54 Å². The van der Waals surface area contributed by atoms with Gasteiger partial charge in [0, 0.05) is 25.7 Å². The zero-order valence-corrected chi connectivity index (χ0v) is 13.8. The lowest BCUT2D eigenvalue weighted by Crippen LogP contribution is -2.59. The molecule has 1 aromatic carbocycles. The maximum Gasteiger partial charge on any atom is 0.0535 e. The lowest BCUT2D eigenvalue weighted by atomic mass is 9.87. The van der Waals surface area contributed by atoms with E-state index in [2.05, 4.69) is 61.3 Å². The third-order valence-electron chi connectivity index (χ3n) is 6.02. The van der Waals surface area contributed by atoms with Crippen molar-refractivity contribution < 1.29 is 0 Å². The Balaban J connectivity index is 1.74. The molecule has 116 valence electrons. The van der Waals surface area contributed by atoms with Gasteiger partial charge < -0.3 is 5.32 Å². The Hall–Kier alpha value is -0.860. The van der Waals surface area contributed by atoms with Gasteiger partial charge in [0.1, 0.15) is 0 Å². The smallest absolute Gasteiger partial charge is 0.0535 e. The Morgan fingerprint density at radius 2 is 2.00 bits per heavy atom. The van der Waals surface area contributed by atoms with Crippen LogP contribution in [0.4, 0.5) is 0 Å². The van der Waals surface area contributed by atoms with E-state index in [1.807, 2.05) is 0 Å². The Morgan fingerprint density at radius 1 is 1.24 bits per heavy atom. The summed E-state index contributed by atoms with van der Waals surface area (Å²) in [6.07, 6.45) is 4.17. The van der Waals surface area contributed by atoms with Crippen LogP contribution in [0.2, 0.25) is 0 Å². The van der Waals surface area contributed by atoms with E-state index in [9.17, 15) is 0 Å². The summed E-state index contributed by atoms with van der Waals surface area (Å²) in [6, 6.07) is 11.8. The first-order chi connectivity index (χ1) is 10.1. The monoisotopic (exact) mass is 286 g/mol. The highest BCUT2D eigenvalue weighted by atomic mass is 15.2. The summed E-state index contributed by atoms with van der Waals surface area (Å²) in [5, 5.41) is 3.76. The first-order valence-corrected chi connectivity index (χ1v) is 8.68. The van der Waals surface area contributed by atoms with Crippen LogP contribution in [0, 0.1) is 11.8 Å². The minimum atomic E-state index is 0.101. The molecule has 1 aliphatic carbocycles. The topological polar surface area (TPSA) is 15.3 Å². The van der Waals surface area contributed by atoms with Crippen LogP contribution in [0.25, 0.3) is 0 Å². The van der Waals surface area contributed by atoms with E-state index in [0.717, 1.165) is 31.0 Å². The van der Waals surface area contributed by atoms with Crippen LogP contribution in [0.3, 0.4) is 0 Å². The second-order valence-electron chi connectivity index (χ2n) is 7.27. The van der Waals surface area contributed by atoms with E-state index < -0.39 is 0 Å². The van der Waals surface area contributed by atoms with Gasteiger partial charge in [-0.2, -0.15) is 0 Å². The molecule has 1 saturated carbocycles. The Morgan fingerprint density at radius 3 is 2.67 bits per heavy atom. The normalized spacial score (nSPS) is 37.8. The zero-order chi connectivity index (χ0) is 14.9. The minimum Gasteiger partial charge on any atom is -0.305 e. The highest BCUT2D eigenvalue weighted by Gasteiger charge is 2.40. The standard InChI is InChI=1S/C19H30N2/c1-4-16-10-11-18(15(16)2)21-13-12-20-19(3,14-21)17-8-6-5-7-9-17/h5-9,15-16,18,20H,4,10-14H2,1-3H3. The molecule has 21 heavy (non-hydrogen) atoms. The van der Waals surface area contributed by atoms with Crippen molar-refractivity contribution in [1.82, 2.24) is 10.2 Å². The summed E-state index contributed by atoms with van der Waals surface area (Å²) < 4.78 is 0. The number of rotatable bonds is 3. The molecule has 4 atom stereocenters. The third kappa shape index (κ3) is 2.89. The van der Waals surface area contributed by atoms with Crippen molar-refractivity contribution in [3.63, 3.8) is 0 Å². The lowest BCUT2D eigenvalue weighted by molar-refractivity contribution is 0.0779. The van der Waals surface area contributed by atoms with E-state index in [-0.39, 0.29) is 5.54 Å². The molecule has 0 spiro atoms. The fourth-order valence-electron chi connectivity index (χ4n) is 4.61. The number of hydrogen-bond acceptors (Lipinski definition) is 2. The molecule has 3 rings (SSSR count). The van der Waals surface area contributed by atoms with Gasteiger partial charge in [0.25, 0.3) is 0 Å². The van der Waals surface area contributed by atoms with Crippen LogP contribution in [-0.2, 0) is 5.54 Å². The van der Waals surface area contributed by atoms with Crippen molar-refractivity contribution in [2.45, 2.75) is 51.6 Å². The van der Waals surface area contributed by atoms with Crippen molar-refractivity contribution in [3.05, 3.63) is 35.9 Å². The summed E-state index contributed by atoms with van der Waals surface area (Å²) in [5.74, 6) is 1.79. The van der Waals surface area contributed by atoms with Crippen molar-refractivity contribution in [3.8, 4) is 0 Å². The fraction of sp³-hybridized carbons (Fsp3) is 0.684. The molecule has 2 aliphatic rings. The van der Waals surface area contributed by atoms with E-state index in [1.54, 1.807) is 0 Å². The number of benzene rings is 1. The Kier molecular flexibility index (Phi) is 4.37. The molecule has 1 saturated heterocycles. The largest absolute Gasteiger partial charge is 0.305 e. The van der Waals surface area contributed by atoms with Crippen LogP contribution < -0.4 is 5.32 Å². The SMILES string of the molecule is CCC1CCC(N2CCNC(C)(c3ccccc3)C2)C1C. The predicted octanol–water partition coefficient (Wildman–Crippen LogP) is 3.63. The van der Waals surface area contributed by atoms with Gasteiger partial charge in [-0.25, -0.2) is 0 Å². The van der Waals surface area contributed by atoms with E-state index in [0.29, 0.717) is 0 Å². The first kappa shape index (κ1) is 15.1. The maximum atomic E-state index is 3.76. The lowest BCUT2D eigenvalue weighted by Gasteiger charge is -2.45. The van der Waals surface area contributed by atoms with Crippen molar-refractivity contribution in [2.75, 3.05) is 19.6 Å². The number of nitrogens with one attached hydrogen (secondary N) is 1. The van der Waals surface area contributed by atoms with Gasteiger partial charge in [-0.15, -0.1) is 0 Å². The van der Waals surface area contributed by atoms with E-state index >= 15 is 0 Å². The molecule has 0 bridgehead atoms. The van der Waals surface area contributed by atoms with Crippen LogP contribution in [0.15, 0.2) is 30.3 Å². The zero-order valence-electron chi connectivity index (χ0n) is 13.8. The van der Waals surface area contributed by atoms with Crippen LogP contribution in [-0.4, -0.2) is 30.6 Å². The number of piperazine rings is 1. The number of nitrogens with zero attached hydrogens (tertiary/aromatic N) is 1. The van der Waals surface area contributed by atoms with E-state index in [1.165, 1.54) is 31.4 Å². The fourth-order valence-corrected chi connectivity index (χ4v) is 4.61. The summed E-state index contributed by atoms with van der Waals surface area (Å²) in [5.41, 5.74) is 1.52. The van der Waals surface area contributed by atoms with Crippen molar-refractivity contribution in [2.24, 2.45) is 11.8 Å². The molecule has 2 fully saturated rings. The average molecular weight is 286 g/mol. The van der Waals surface area contributed by atoms with Gasteiger partial charge in [0.2, 0.25) is 0 Å². The quantitative estimate of drug-likeness (QED) is 0.913. The number of hydrogen-bond donors (Lipinski definition) is 1. The maximum absolute atomic E-state index is 3.76. The van der Waals surface area contributed by atoms with Gasteiger partial charge in [-0.1, -0.05) is 50.6 Å². The van der Waals surface area contributed by atoms with E-state index in [4.69, 9.17) is 0 Å². The summed E-state index contributed by atoms with van der Waals surface area (Å²) in [4.78, 5) is 2.77. The van der Waals surface area contributed by atoms with Gasteiger partial charge in [-0.05, 0) is 37.2 Å². The van der Waals surface area contributed by atoms with Crippen molar-refractivity contribution >= 4 is 0 Å². The second kappa shape index (κ2) is 6.10. The summed E-state index contributed by atoms with van der Waals surface area (Å²) in [7, 11) is 0. The highest BCUT2D eigenvalue weighted by molar-refractivity contribution is 5.25. The van der Waals surface area contributed by atoms with Crippen LogP contribution in [0.5, 0.6) is 0 Å². The molecule has 2 heteroatoms. The Labute approximate surface area is 129 Å². The molecule has 1 aromatic rings. The molecule has 1 aliphatic heterocycles. The predicted molar refractivity (Wildman–Crippen MR) is 89.3 cm³/mol. The molecule has 0 amide bonds. The summed E-state index contributed by atoms with van der Waals surface area (Å²) in [6.45, 7) is 10.6. The molecule has 1 N–H and O–H groups in total. The first-order valence-electron chi connectivity index (χ1n) is 8.68. The molecule has 4 unspecified atom stereocenters. The van der Waals surface area contributed by atoms with Crippen molar-refractivity contribution in [1.29, 1.82) is 0 Å². The van der Waals surface area contributed by atoms with Crippen LogP contribution >= 0.6 is 0 Å². The van der Waals surface area contributed by atoms with Gasteiger partial charge in [-0.3, -0.25) is 4.90 Å². The van der Waals surface area contributed by atoms with Gasteiger partial charge in [0.15, 0.2) is 0 Å². The minimum absolute atomic E-state index is 0.101.